The fourth-order valence-corrected chi connectivity index (χ4v) is 0.967. The Bertz CT molecular complexity index is 202. The van der Waals surface area contributed by atoms with E-state index < -0.39 is 0 Å². The number of rotatable bonds is 1. The summed E-state index contributed by atoms with van der Waals surface area (Å²) in [5, 5.41) is 0.543. The fraction of sp³-hybridized carbons (Fsp3) is 0.167. The number of halogens is 2. The van der Waals surface area contributed by atoms with Crippen molar-refractivity contribution in [2.75, 3.05) is 0 Å². The summed E-state index contributed by atoms with van der Waals surface area (Å²) in [7, 11) is 0. The van der Waals surface area contributed by atoms with E-state index in [0.29, 0.717) is 10.9 Å². The van der Waals surface area contributed by atoms with Crippen LogP contribution in [-0.4, -0.2) is 4.98 Å². The Kier molecular flexibility index (Phi) is 2.16. The van der Waals surface area contributed by atoms with E-state index in [4.69, 9.17) is 0 Å². The Hall–Kier alpha value is -0.440. The van der Waals surface area contributed by atoms with Crippen molar-refractivity contribution in [2.45, 2.75) is 5.33 Å². The van der Waals surface area contributed by atoms with Gasteiger partial charge in [-0.05, 0) is 6.07 Å². The van der Waals surface area contributed by atoms with Gasteiger partial charge in [0, 0.05) is 17.1 Å². The van der Waals surface area contributed by atoms with E-state index in [9.17, 15) is 4.39 Å². The van der Waals surface area contributed by atoms with Gasteiger partial charge in [-0.2, -0.15) is 0 Å². The second kappa shape index (κ2) is 2.92. The highest BCUT2D eigenvalue weighted by Crippen LogP contribution is 2.07. The van der Waals surface area contributed by atoms with Crippen LogP contribution < -0.4 is 0 Å². The van der Waals surface area contributed by atoms with Crippen LogP contribution in [0.4, 0.5) is 4.39 Å². The number of pyridine rings is 1. The summed E-state index contributed by atoms with van der Waals surface area (Å²) < 4.78 is 12.5. The molecule has 1 aromatic heterocycles. The van der Waals surface area contributed by atoms with Gasteiger partial charge in [0.1, 0.15) is 5.82 Å². The number of alkyl halides is 1. The molecule has 1 nitrogen and oxygen atoms in total. The topological polar surface area (TPSA) is 12.9 Å². The van der Waals surface area contributed by atoms with Gasteiger partial charge in [0.15, 0.2) is 0 Å². The lowest BCUT2D eigenvalue weighted by Crippen LogP contribution is -1.84. The van der Waals surface area contributed by atoms with E-state index >= 15 is 0 Å². The van der Waals surface area contributed by atoms with Crippen LogP contribution in [0.25, 0.3) is 0 Å². The van der Waals surface area contributed by atoms with Crippen LogP contribution in [-0.2, 0) is 5.33 Å². The third-order valence-corrected chi connectivity index (χ3v) is 1.60. The zero-order valence-electron chi connectivity index (χ0n) is 4.64. The monoisotopic (exact) mass is 189 g/mol. The molecule has 0 radical (unpaired) electrons. The van der Waals surface area contributed by atoms with Gasteiger partial charge < -0.3 is 0 Å². The smallest absolute Gasteiger partial charge is 0.145 e. The molecule has 1 aromatic rings. The Morgan fingerprint density at radius 3 is 2.89 bits per heavy atom. The summed E-state index contributed by atoms with van der Waals surface area (Å²) >= 11 is 3.14. The van der Waals surface area contributed by atoms with Crippen molar-refractivity contribution in [3.63, 3.8) is 0 Å². The third kappa shape index (κ3) is 1.48. The standard InChI is InChI=1S/C6H5BrFN/c7-3-5-1-2-9-4-6(5)8/h1-2,4H,3H2. The molecule has 0 saturated carbocycles. The summed E-state index contributed by atoms with van der Waals surface area (Å²) in [6.45, 7) is 0. The van der Waals surface area contributed by atoms with Crippen molar-refractivity contribution < 1.29 is 4.39 Å². The van der Waals surface area contributed by atoms with E-state index in [2.05, 4.69) is 20.9 Å². The van der Waals surface area contributed by atoms with Crippen LogP contribution >= 0.6 is 15.9 Å². The van der Waals surface area contributed by atoms with Gasteiger partial charge in [-0.25, -0.2) is 4.39 Å². The molecule has 48 valence electrons. The summed E-state index contributed by atoms with van der Waals surface area (Å²) in [4.78, 5) is 3.60. The van der Waals surface area contributed by atoms with Crippen molar-refractivity contribution >= 4 is 15.9 Å². The molecule has 0 aliphatic heterocycles. The molecule has 0 aromatic carbocycles. The molecule has 0 aliphatic carbocycles. The maximum absolute atomic E-state index is 12.5. The van der Waals surface area contributed by atoms with Crippen molar-refractivity contribution in [1.82, 2.24) is 4.98 Å². The van der Waals surface area contributed by atoms with Gasteiger partial charge in [0.2, 0.25) is 0 Å². The first kappa shape index (κ1) is 6.68. The summed E-state index contributed by atoms with van der Waals surface area (Å²) in [5.74, 6) is -0.255. The van der Waals surface area contributed by atoms with E-state index in [0.717, 1.165) is 0 Å². The van der Waals surface area contributed by atoms with Gasteiger partial charge in [-0.3, -0.25) is 4.98 Å². The molecule has 0 saturated heterocycles. The van der Waals surface area contributed by atoms with E-state index in [1.54, 1.807) is 12.3 Å². The minimum atomic E-state index is -0.255. The second-order valence-corrected chi connectivity index (χ2v) is 2.16. The third-order valence-electron chi connectivity index (χ3n) is 1.00. The lowest BCUT2D eigenvalue weighted by atomic mass is 10.3. The van der Waals surface area contributed by atoms with E-state index in [1.807, 2.05) is 0 Å². The van der Waals surface area contributed by atoms with Crippen LogP contribution in [0.3, 0.4) is 0 Å². The minimum Gasteiger partial charge on any atom is -0.262 e. The molecule has 9 heavy (non-hydrogen) atoms. The molecule has 0 atom stereocenters. The van der Waals surface area contributed by atoms with Gasteiger partial charge in [0.05, 0.1) is 6.20 Å². The number of nitrogens with zero attached hydrogens (tertiary/aromatic N) is 1. The lowest BCUT2D eigenvalue weighted by Gasteiger charge is -1.93. The van der Waals surface area contributed by atoms with Gasteiger partial charge in [-0.15, -0.1) is 0 Å². The quantitative estimate of drug-likeness (QED) is 0.618. The zero-order valence-corrected chi connectivity index (χ0v) is 6.23. The average molecular weight is 190 g/mol. The molecule has 0 spiro atoms. The van der Waals surface area contributed by atoms with Crippen molar-refractivity contribution in [1.29, 1.82) is 0 Å². The van der Waals surface area contributed by atoms with Gasteiger partial charge >= 0.3 is 0 Å². The zero-order chi connectivity index (χ0) is 6.69. The fourth-order valence-electron chi connectivity index (χ4n) is 0.512. The number of hydrogen-bond acceptors (Lipinski definition) is 1. The summed E-state index contributed by atoms with van der Waals surface area (Å²) in [5.41, 5.74) is 0.644. The molecular formula is C6H5BrFN. The molecule has 0 unspecified atom stereocenters. The molecule has 0 N–H and O–H groups in total. The highest BCUT2D eigenvalue weighted by Gasteiger charge is 1.95. The van der Waals surface area contributed by atoms with Gasteiger partial charge in [-0.1, -0.05) is 15.9 Å². The number of aromatic nitrogens is 1. The molecule has 1 heterocycles. The van der Waals surface area contributed by atoms with Crippen LogP contribution in [0.5, 0.6) is 0 Å². The van der Waals surface area contributed by atoms with Crippen LogP contribution in [0, 0.1) is 5.82 Å². The highest BCUT2D eigenvalue weighted by atomic mass is 79.9. The van der Waals surface area contributed by atoms with Crippen LogP contribution in [0.2, 0.25) is 0 Å². The Labute approximate surface area is 61.0 Å². The van der Waals surface area contributed by atoms with E-state index in [1.165, 1.54) is 6.20 Å². The minimum absolute atomic E-state index is 0.255. The average Bonchev–Trinajstić information content (AvgIpc) is 1.89. The molecule has 1 rings (SSSR count). The highest BCUT2D eigenvalue weighted by molar-refractivity contribution is 9.08. The van der Waals surface area contributed by atoms with Crippen molar-refractivity contribution in [3.05, 3.63) is 29.8 Å². The second-order valence-electron chi connectivity index (χ2n) is 1.60. The first-order valence-corrected chi connectivity index (χ1v) is 3.61. The Balaban J connectivity index is 3.01. The summed E-state index contributed by atoms with van der Waals surface area (Å²) in [6.07, 6.45) is 2.77. The Morgan fingerprint density at radius 1 is 1.67 bits per heavy atom. The Morgan fingerprint density at radius 2 is 2.44 bits per heavy atom. The molecular weight excluding hydrogens is 185 g/mol. The van der Waals surface area contributed by atoms with Crippen LogP contribution in [0.15, 0.2) is 18.5 Å². The first-order chi connectivity index (χ1) is 4.34. The maximum atomic E-state index is 12.5. The van der Waals surface area contributed by atoms with Gasteiger partial charge in [0.25, 0.3) is 0 Å². The summed E-state index contributed by atoms with van der Waals surface area (Å²) in [6, 6.07) is 1.64. The van der Waals surface area contributed by atoms with Crippen molar-refractivity contribution in [2.24, 2.45) is 0 Å². The van der Waals surface area contributed by atoms with Crippen LogP contribution in [0.1, 0.15) is 5.56 Å². The number of hydrogen-bond donors (Lipinski definition) is 0. The predicted molar refractivity (Wildman–Crippen MR) is 36.8 cm³/mol. The normalized spacial score (nSPS) is 9.56. The molecule has 0 amide bonds. The predicted octanol–water partition coefficient (Wildman–Crippen LogP) is 2.12. The molecule has 3 heteroatoms. The lowest BCUT2D eigenvalue weighted by molar-refractivity contribution is 0.611. The molecule has 0 aliphatic rings. The largest absolute Gasteiger partial charge is 0.262 e. The van der Waals surface area contributed by atoms with E-state index in [-0.39, 0.29) is 5.82 Å². The van der Waals surface area contributed by atoms with Crippen molar-refractivity contribution in [3.8, 4) is 0 Å². The molecule has 0 bridgehead atoms. The first-order valence-electron chi connectivity index (χ1n) is 2.49. The molecule has 0 fully saturated rings. The SMILES string of the molecule is Fc1cnccc1CBr. The maximum Gasteiger partial charge on any atom is 0.145 e.